The second kappa shape index (κ2) is 19.1. The third kappa shape index (κ3) is 11.0. The van der Waals surface area contributed by atoms with Gasteiger partial charge in [0.25, 0.3) is 0 Å². The fourth-order valence-electron chi connectivity index (χ4n) is 7.66. The average Bonchev–Trinajstić information content (AvgIpc) is 3.06. The molecule has 0 bridgehead atoms. The molecule has 44 heavy (non-hydrogen) atoms. The number of benzene rings is 1. The summed E-state index contributed by atoms with van der Waals surface area (Å²) >= 11 is 0. The van der Waals surface area contributed by atoms with Gasteiger partial charge in [-0.3, -0.25) is 0 Å². The highest BCUT2D eigenvalue weighted by Gasteiger charge is 2.31. The lowest BCUT2D eigenvalue weighted by Gasteiger charge is -2.37. The van der Waals surface area contributed by atoms with Gasteiger partial charge in [-0.1, -0.05) is 58.1 Å². The van der Waals surface area contributed by atoms with E-state index >= 15 is 4.39 Å². The van der Waals surface area contributed by atoms with Crippen molar-refractivity contribution in [3.05, 3.63) is 35.9 Å². The maximum Gasteiger partial charge on any atom is 0.204 e. The number of ether oxygens (including phenoxy) is 3. The van der Waals surface area contributed by atoms with Crippen LogP contribution in [0.15, 0.2) is 24.3 Å². The predicted octanol–water partition coefficient (Wildman–Crippen LogP) is 11.2. The van der Waals surface area contributed by atoms with Crippen LogP contribution in [0.3, 0.4) is 0 Å². The molecule has 0 amide bonds. The summed E-state index contributed by atoms with van der Waals surface area (Å²) in [7, 11) is 0. The molecule has 1 heterocycles. The van der Waals surface area contributed by atoms with E-state index in [2.05, 4.69) is 26.0 Å². The van der Waals surface area contributed by atoms with Crippen LogP contribution < -0.4 is 9.47 Å². The molecule has 4 rings (SSSR count). The molecule has 1 aliphatic heterocycles. The summed E-state index contributed by atoms with van der Waals surface area (Å²) in [6.45, 7) is 5.69. The highest BCUT2D eigenvalue weighted by Crippen LogP contribution is 2.40. The highest BCUT2D eigenvalue weighted by atomic mass is 19.2. The SMILES string of the molecule is CCCCCOc1ccc(OCCC(F)C2CCC(C=CC3CCC(C4CCC(CCCCC)OC4)CC3)CC2)c(F)c1F. The smallest absolute Gasteiger partial charge is 0.204 e. The number of unbranched alkanes of at least 4 members (excludes halogenated alkanes) is 4. The molecule has 3 fully saturated rings. The summed E-state index contributed by atoms with van der Waals surface area (Å²) in [5.41, 5.74) is 0. The Morgan fingerprint density at radius 1 is 0.727 bits per heavy atom. The van der Waals surface area contributed by atoms with Crippen molar-refractivity contribution >= 4 is 0 Å². The molecule has 3 nitrogen and oxygen atoms in total. The summed E-state index contributed by atoms with van der Waals surface area (Å²) in [5, 5.41) is 0. The summed E-state index contributed by atoms with van der Waals surface area (Å²) in [6, 6.07) is 2.77. The first-order valence-corrected chi connectivity index (χ1v) is 18.2. The van der Waals surface area contributed by atoms with Gasteiger partial charge in [-0.25, -0.2) is 4.39 Å². The second-order valence-electron chi connectivity index (χ2n) is 13.9. The molecule has 2 saturated carbocycles. The minimum Gasteiger partial charge on any atom is -0.490 e. The van der Waals surface area contributed by atoms with Gasteiger partial charge in [-0.15, -0.1) is 0 Å². The molecule has 6 heteroatoms. The number of alkyl halides is 1. The van der Waals surface area contributed by atoms with Gasteiger partial charge in [0.05, 0.1) is 25.9 Å². The van der Waals surface area contributed by atoms with Crippen molar-refractivity contribution in [1.82, 2.24) is 0 Å². The van der Waals surface area contributed by atoms with E-state index in [9.17, 15) is 8.78 Å². The van der Waals surface area contributed by atoms with Crippen LogP contribution in [0, 0.1) is 41.2 Å². The number of hydrogen-bond donors (Lipinski definition) is 0. The van der Waals surface area contributed by atoms with E-state index < -0.39 is 17.8 Å². The predicted molar refractivity (Wildman–Crippen MR) is 173 cm³/mol. The Morgan fingerprint density at radius 2 is 1.30 bits per heavy atom. The van der Waals surface area contributed by atoms with Gasteiger partial charge in [-0.2, -0.15) is 8.78 Å². The summed E-state index contributed by atoms with van der Waals surface area (Å²) in [4.78, 5) is 0. The van der Waals surface area contributed by atoms with Crippen LogP contribution in [-0.2, 0) is 4.74 Å². The number of halogens is 3. The molecule has 3 unspecified atom stereocenters. The molecule has 0 aromatic heterocycles. The summed E-state index contributed by atoms with van der Waals surface area (Å²) in [5.74, 6) is 0.452. The molecule has 3 aliphatic rings. The Bertz CT molecular complexity index is 960. The Morgan fingerprint density at radius 3 is 1.89 bits per heavy atom. The van der Waals surface area contributed by atoms with Crippen molar-refractivity contribution < 1.29 is 27.4 Å². The summed E-state index contributed by atoms with van der Waals surface area (Å²) in [6.07, 6.45) is 24.2. The molecular formula is C38H59F3O3. The van der Waals surface area contributed by atoms with E-state index in [0.29, 0.717) is 24.5 Å². The van der Waals surface area contributed by atoms with Gasteiger partial charge in [0, 0.05) is 6.42 Å². The first-order chi connectivity index (χ1) is 21.5. The largest absolute Gasteiger partial charge is 0.490 e. The van der Waals surface area contributed by atoms with Crippen LogP contribution in [0.2, 0.25) is 0 Å². The molecule has 0 spiro atoms. The molecule has 250 valence electrons. The van der Waals surface area contributed by atoms with E-state index in [4.69, 9.17) is 14.2 Å². The number of rotatable bonds is 17. The quantitative estimate of drug-likeness (QED) is 0.128. The molecule has 1 saturated heterocycles. The van der Waals surface area contributed by atoms with Crippen molar-refractivity contribution in [2.45, 2.75) is 142 Å². The van der Waals surface area contributed by atoms with Gasteiger partial charge < -0.3 is 14.2 Å². The highest BCUT2D eigenvalue weighted by molar-refractivity contribution is 5.35. The molecule has 3 atom stereocenters. The van der Waals surface area contributed by atoms with Gasteiger partial charge in [-0.05, 0) is 119 Å². The van der Waals surface area contributed by atoms with Gasteiger partial charge in [0.2, 0.25) is 11.6 Å². The minimum absolute atomic E-state index is 0.0168. The maximum atomic E-state index is 15.0. The Kier molecular flexibility index (Phi) is 15.3. The van der Waals surface area contributed by atoms with Crippen molar-refractivity contribution in [2.24, 2.45) is 29.6 Å². The monoisotopic (exact) mass is 620 g/mol. The van der Waals surface area contributed by atoms with Crippen molar-refractivity contribution in [1.29, 1.82) is 0 Å². The van der Waals surface area contributed by atoms with E-state index in [1.807, 2.05) is 0 Å². The molecule has 2 aliphatic carbocycles. The lowest BCUT2D eigenvalue weighted by atomic mass is 9.73. The normalized spacial score (nSPS) is 28.7. The average molecular weight is 621 g/mol. The Labute approximate surface area is 265 Å². The van der Waals surface area contributed by atoms with Crippen molar-refractivity contribution in [3.8, 4) is 11.5 Å². The zero-order valence-electron chi connectivity index (χ0n) is 27.6. The third-order valence-corrected chi connectivity index (χ3v) is 10.7. The van der Waals surface area contributed by atoms with Crippen LogP contribution in [0.25, 0.3) is 0 Å². The zero-order chi connectivity index (χ0) is 31.1. The first-order valence-electron chi connectivity index (χ1n) is 18.2. The third-order valence-electron chi connectivity index (χ3n) is 10.7. The topological polar surface area (TPSA) is 27.7 Å². The van der Waals surface area contributed by atoms with E-state index in [1.165, 1.54) is 76.3 Å². The van der Waals surface area contributed by atoms with Gasteiger partial charge in [0.15, 0.2) is 11.5 Å². The van der Waals surface area contributed by atoms with Crippen molar-refractivity contribution in [2.75, 3.05) is 19.8 Å². The van der Waals surface area contributed by atoms with Crippen LogP contribution in [0.4, 0.5) is 13.2 Å². The van der Waals surface area contributed by atoms with E-state index in [0.717, 1.165) is 63.4 Å². The molecule has 1 aromatic carbocycles. The second-order valence-corrected chi connectivity index (χ2v) is 13.9. The van der Waals surface area contributed by atoms with E-state index in [1.54, 1.807) is 0 Å². The zero-order valence-corrected chi connectivity index (χ0v) is 27.6. The fraction of sp³-hybridized carbons (Fsp3) is 0.789. The summed E-state index contributed by atoms with van der Waals surface area (Å²) < 4.78 is 60.9. The Hall–Kier alpha value is -1.69. The Balaban J connectivity index is 1.08. The molecule has 0 N–H and O–H groups in total. The van der Waals surface area contributed by atoms with Gasteiger partial charge in [0.1, 0.15) is 6.17 Å². The van der Waals surface area contributed by atoms with Crippen LogP contribution in [-0.4, -0.2) is 32.1 Å². The van der Waals surface area contributed by atoms with E-state index in [-0.39, 0.29) is 30.4 Å². The standard InChI is InChI=1S/C38H59F3O3/c1-3-5-7-9-33-21-20-32(27-44-33)30-16-12-28(13-17-30)10-11-29-14-18-31(19-15-29)34(39)24-26-43-36-23-22-35(37(40)38(36)41)42-25-8-6-4-2/h10-11,22-23,28-34H,3-9,12-21,24-27H2,1-2H3. The van der Waals surface area contributed by atoms with Crippen molar-refractivity contribution in [3.63, 3.8) is 0 Å². The number of hydrogen-bond acceptors (Lipinski definition) is 3. The van der Waals surface area contributed by atoms with Crippen LogP contribution in [0.5, 0.6) is 11.5 Å². The molecule has 1 aromatic rings. The van der Waals surface area contributed by atoms with Gasteiger partial charge >= 0.3 is 0 Å². The fourth-order valence-corrected chi connectivity index (χ4v) is 7.66. The van der Waals surface area contributed by atoms with Crippen LogP contribution in [0.1, 0.15) is 129 Å². The minimum atomic E-state index is -1.07. The van der Waals surface area contributed by atoms with Crippen LogP contribution >= 0.6 is 0 Å². The molecular weight excluding hydrogens is 561 g/mol. The lowest BCUT2D eigenvalue weighted by Crippen LogP contribution is -2.32. The lowest BCUT2D eigenvalue weighted by molar-refractivity contribution is -0.0420. The number of allylic oxidation sites excluding steroid dienone is 2. The molecule has 0 radical (unpaired) electrons. The maximum absolute atomic E-state index is 15.0. The first kappa shape index (κ1) is 35.2.